The highest BCUT2D eigenvalue weighted by Gasteiger charge is 2.08. The fraction of sp³-hybridized carbons (Fsp3) is 0.143. The van der Waals surface area contributed by atoms with Crippen molar-refractivity contribution in [2.45, 2.75) is 13.3 Å². The lowest BCUT2D eigenvalue weighted by atomic mass is 10.0. The van der Waals surface area contributed by atoms with Gasteiger partial charge < -0.3 is 4.42 Å². The first-order valence-electron chi connectivity index (χ1n) is 5.29. The molecule has 3 rings (SSSR count). The molecule has 0 fully saturated rings. The summed E-state index contributed by atoms with van der Waals surface area (Å²) in [4.78, 5) is 0. The van der Waals surface area contributed by atoms with Gasteiger partial charge in [0.15, 0.2) is 0 Å². The summed E-state index contributed by atoms with van der Waals surface area (Å²) < 4.78 is 5.79. The standard InChI is InChI=1S/C14H12O/c1-2-10-6-5-9-13-14(10)11-7-3-4-8-12(11)15-13/h3-9H,2H2,1H3. The van der Waals surface area contributed by atoms with Crippen LogP contribution in [0.4, 0.5) is 0 Å². The van der Waals surface area contributed by atoms with E-state index in [0.717, 1.165) is 17.6 Å². The zero-order valence-electron chi connectivity index (χ0n) is 8.66. The Morgan fingerprint density at radius 3 is 2.60 bits per heavy atom. The van der Waals surface area contributed by atoms with E-state index < -0.39 is 0 Å². The smallest absolute Gasteiger partial charge is 0.135 e. The lowest BCUT2D eigenvalue weighted by Gasteiger charge is -1.97. The Kier molecular flexibility index (Phi) is 1.78. The molecule has 1 heterocycles. The van der Waals surface area contributed by atoms with Crippen LogP contribution in [0.3, 0.4) is 0 Å². The van der Waals surface area contributed by atoms with Crippen molar-refractivity contribution in [3.8, 4) is 0 Å². The predicted molar refractivity (Wildman–Crippen MR) is 63.1 cm³/mol. The van der Waals surface area contributed by atoms with Gasteiger partial charge in [0.2, 0.25) is 0 Å². The summed E-state index contributed by atoms with van der Waals surface area (Å²) in [5.74, 6) is 0. The van der Waals surface area contributed by atoms with Gasteiger partial charge in [0.1, 0.15) is 11.2 Å². The summed E-state index contributed by atoms with van der Waals surface area (Å²) in [6.07, 6.45) is 1.04. The SMILES string of the molecule is CCc1cccc2oc3ccccc3c12. The van der Waals surface area contributed by atoms with Crippen molar-refractivity contribution < 1.29 is 4.42 Å². The molecule has 0 bridgehead atoms. The third kappa shape index (κ3) is 1.16. The fourth-order valence-electron chi connectivity index (χ4n) is 2.14. The molecule has 2 aromatic carbocycles. The van der Waals surface area contributed by atoms with E-state index in [1.54, 1.807) is 0 Å². The van der Waals surface area contributed by atoms with Crippen LogP contribution in [0.15, 0.2) is 46.9 Å². The minimum absolute atomic E-state index is 0.980. The van der Waals surface area contributed by atoms with E-state index in [2.05, 4.69) is 31.2 Å². The predicted octanol–water partition coefficient (Wildman–Crippen LogP) is 4.15. The summed E-state index contributed by atoms with van der Waals surface area (Å²) in [6, 6.07) is 14.5. The molecule has 74 valence electrons. The van der Waals surface area contributed by atoms with Gasteiger partial charge in [-0.05, 0) is 24.1 Å². The maximum absolute atomic E-state index is 5.79. The van der Waals surface area contributed by atoms with Crippen LogP contribution >= 0.6 is 0 Å². The van der Waals surface area contributed by atoms with E-state index in [-0.39, 0.29) is 0 Å². The van der Waals surface area contributed by atoms with Crippen molar-refractivity contribution in [1.82, 2.24) is 0 Å². The molecule has 15 heavy (non-hydrogen) atoms. The van der Waals surface area contributed by atoms with Gasteiger partial charge in [-0.2, -0.15) is 0 Å². The first kappa shape index (κ1) is 8.54. The third-order valence-corrected chi connectivity index (χ3v) is 2.87. The summed E-state index contributed by atoms with van der Waals surface area (Å²) in [6.45, 7) is 2.18. The number of hydrogen-bond donors (Lipinski definition) is 0. The Balaban J connectivity index is 2.56. The molecule has 0 aliphatic carbocycles. The molecule has 0 spiro atoms. The van der Waals surface area contributed by atoms with Crippen molar-refractivity contribution in [2.75, 3.05) is 0 Å². The molecule has 0 atom stereocenters. The van der Waals surface area contributed by atoms with E-state index in [1.807, 2.05) is 18.2 Å². The van der Waals surface area contributed by atoms with Crippen LogP contribution in [0.1, 0.15) is 12.5 Å². The Labute approximate surface area is 88.3 Å². The van der Waals surface area contributed by atoms with Gasteiger partial charge in [0.05, 0.1) is 0 Å². The quantitative estimate of drug-likeness (QED) is 0.570. The zero-order valence-corrected chi connectivity index (χ0v) is 8.66. The first-order chi connectivity index (χ1) is 7.40. The van der Waals surface area contributed by atoms with Crippen LogP contribution in [-0.2, 0) is 6.42 Å². The molecule has 1 aromatic heterocycles. The van der Waals surface area contributed by atoms with Gasteiger partial charge in [0, 0.05) is 10.8 Å². The Hall–Kier alpha value is -1.76. The zero-order chi connectivity index (χ0) is 10.3. The molecule has 0 unspecified atom stereocenters. The number of benzene rings is 2. The monoisotopic (exact) mass is 196 g/mol. The summed E-state index contributed by atoms with van der Waals surface area (Å²) in [5.41, 5.74) is 3.33. The molecular weight excluding hydrogens is 184 g/mol. The Morgan fingerprint density at radius 2 is 1.73 bits per heavy atom. The van der Waals surface area contributed by atoms with Gasteiger partial charge in [-0.15, -0.1) is 0 Å². The molecular formula is C14H12O. The van der Waals surface area contributed by atoms with Crippen LogP contribution < -0.4 is 0 Å². The van der Waals surface area contributed by atoms with Gasteiger partial charge in [-0.3, -0.25) is 0 Å². The molecule has 0 N–H and O–H groups in total. The normalized spacial score (nSPS) is 11.3. The third-order valence-electron chi connectivity index (χ3n) is 2.87. The summed E-state index contributed by atoms with van der Waals surface area (Å²) in [5, 5.41) is 2.50. The largest absolute Gasteiger partial charge is 0.456 e. The minimum atomic E-state index is 0.980. The minimum Gasteiger partial charge on any atom is -0.456 e. The number of furan rings is 1. The molecule has 1 nitrogen and oxygen atoms in total. The number of rotatable bonds is 1. The first-order valence-corrected chi connectivity index (χ1v) is 5.29. The number of para-hydroxylation sites is 1. The number of aryl methyl sites for hydroxylation is 1. The molecule has 0 aliphatic rings. The highest BCUT2D eigenvalue weighted by atomic mass is 16.3. The average molecular weight is 196 g/mol. The summed E-state index contributed by atoms with van der Waals surface area (Å²) >= 11 is 0. The van der Waals surface area contributed by atoms with Crippen molar-refractivity contribution in [1.29, 1.82) is 0 Å². The van der Waals surface area contributed by atoms with E-state index >= 15 is 0 Å². The van der Waals surface area contributed by atoms with Crippen molar-refractivity contribution >= 4 is 21.9 Å². The molecule has 0 saturated carbocycles. The lowest BCUT2D eigenvalue weighted by molar-refractivity contribution is 0.668. The van der Waals surface area contributed by atoms with Gasteiger partial charge >= 0.3 is 0 Å². The van der Waals surface area contributed by atoms with Crippen LogP contribution in [0.25, 0.3) is 21.9 Å². The van der Waals surface area contributed by atoms with Gasteiger partial charge in [-0.25, -0.2) is 0 Å². The van der Waals surface area contributed by atoms with Crippen LogP contribution in [0.5, 0.6) is 0 Å². The molecule has 3 aromatic rings. The second kappa shape index (κ2) is 3.13. The van der Waals surface area contributed by atoms with Crippen molar-refractivity contribution in [3.05, 3.63) is 48.0 Å². The van der Waals surface area contributed by atoms with E-state index in [1.165, 1.54) is 16.3 Å². The van der Waals surface area contributed by atoms with Crippen LogP contribution in [-0.4, -0.2) is 0 Å². The Bertz CT molecular complexity index is 619. The maximum Gasteiger partial charge on any atom is 0.135 e. The Morgan fingerprint density at radius 1 is 0.933 bits per heavy atom. The average Bonchev–Trinajstić information content (AvgIpc) is 2.67. The second-order valence-electron chi connectivity index (χ2n) is 3.74. The van der Waals surface area contributed by atoms with Crippen LogP contribution in [0.2, 0.25) is 0 Å². The highest BCUT2D eigenvalue weighted by molar-refractivity contribution is 6.06. The molecule has 0 aliphatic heterocycles. The fourth-order valence-corrected chi connectivity index (χ4v) is 2.14. The van der Waals surface area contributed by atoms with Crippen molar-refractivity contribution in [3.63, 3.8) is 0 Å². The van der Waals surface area contributed by atoms with Gasteiger partial charge in [-0.1, -0.05) is 37.3 Å². The van der Waals surface area contributed by atoms with Gasteiger partial charge in [0.25, 0.3) is 0 Å². The molecule has 0 radical (unpaired) electrons. The molecule has 1 heteroatoms. The maximum atomic E-state index is 5.79. The number of fused-ring (bicyclic) bond motifs is 3. The van der Waals surface area contributed by atoms with Crippen molar-refractivity contribution in [2.24, 2.45) is 0 Å². The topological polar surface area (TPSA) is 13.1 Å². The summed E-state index contributed by atoms with van der Waals surface area (Å²) in [7, 11) is 0. The number of hydrogen-bond acceptors (Lipinski definition) is 1. The molecule has 0 amide bonds. The van der Waals surface area contributed by atoms with Crippen LogP contribution in [0, 0.1) is 0 Å². The molecule has 0 saturated heterocycles. The highest BCUT2D eigenvalue weighted by Crippen LogP contribution is 2.31. The van der Waals surface area contributed by atoms with E-state index in [9.17, 15) is 0 Å². The lowest BCUT2D eigenvalue weighted by Crippen LogP contribution is -1.79. The second-order valence-corrected chi connectivity index (χ2v) is 3.74. The van der Waals surface area contributed by atoms with E-state index in [4.69, 9.17) is 4.42 Å². The van der Waals surface area contributed by atoms with E-state index in [0.29, 0.717) is 0 Å².